The number of rotatable bonds is 8. The molecule has 0 unspecified atom stereocenters. The van der Waals surface area contributed by atoms with Gasteiger partial charge in [0, 0.05) is 68.0 Å². The first kappa shape index (κ1) is 37.7. The molecule has 60 heavy (non-hydrogen) atoms. The number of aromatic nitrogens is 2. The van der Waals surface area contributed by atoms with Gasteiger partial charge in [-0.25, -0.2) is 0 Å². The minimum absolute atomic E-state index is 0.0520. The molecule has 0 aliphatic rings. The van der Waals surface area contributed by atoms with Gasteiger partial charge in [-0.1, -0.05) is 60.7 Å². The fourth-order valence-electron chi connectivity index (χ4n) is 7.52. The van der Waals surface area contributed by atoms with E-state index in [9.17, 15) is 46.6 Å². The van der Waals surface area contributed by atoms with Crippen molar-refractivity contribution in [2.45, 2.75) is 12.4 Å². The van der Waals surface area contributed by atoms with Crippen molar-refractivity contribution in [2.24, 2.45) is 0 Å². The molecule has 2 heterocycles. The summed E-state index contributed by atoms with van der Waals surface area (Å²) in [6, 6.07) is 32.6. The van der Waals surface area contributed by atoms with E-state index in [2.05, 4.69) is 9.97 Å². The lowest BCUT2D eigenvalue weighted by Crippen LogP contribution is -2.08. The molecule has 0 aliphatic carbocycles. The van der Waals surface area contributed by atoms with E-state index in [0.29, 0.717) is 34.3 Å². The highest BCUT2D eigenvalue weighted by Crippen LogP contribution is 2.49. The van der Waals surface area contributed by atoms with E-state index in [1.807, 2.05) is 48.5 Å². The Labute approximate surface area is 332 Å². The minimum atomic E-state index is -4.93. The Bertz CT molecular complexity index is 2980. The van der Waals surface area contributed by atoms with Crippen molar-refractivity contribution in [1.82, 2.24) is 9.97 Å². The van der Waals surface area contributed by atoms with E-state index >= 15 is 0 Å². The Kier molecular flexibility index (Phi) is 8.73. The van der Waals surface area contributed by atoms with E-state index in [1.165, 1.54) is 24.3 Å². The summed E-state index contributed by atoms with van der Waals surface area (Å²) in [6.07, 6.45) is -9.86. The topological polar surface area (TPSA) is 136 Å². The van der Waals surface area contributed by atoms with E-state index in [0.717, 1.165) is 68.0 Å². The third-order valence-electron chi connectivity index (χ3n) is 10.1. The largest absolute Gasteiger partial charge is 0.457 e. The van der Waals surface area contributed by atoms with Gasteiger partial charge in [0.25, 0.3) is 11.4 Å². The molecule has 0 aliphatic heterocycles. The lowest BCUT2D eigenvalue weighted by Gasteiger charge is -2.16. The van der Waals surface area contributed by atoms with Gasteiger partial charge in [-0.2, -0.15) is 26.3 Å². The molecule has 7 aromatic carbocycles. The smallest absolute Gasteiger partial charge is 0.420 e. The van der Waals surface area contributed by atoms with Crippen LogP contribution in [0.5, 0.6) is 23.0 Å². The maximum absolute atomic E-state index is 13.9. The van der Waals surface area contributed by atoms with E-state index in [4.69, 9.17) is 9.47 Å². The summed E-state index contributed by atoms with van der Waals surface area (Å²) in [5.74, 6) is -1.10. The number of nitrogens with one attached hydrogen (secondary N) is 2. The van der Waals surface area contributed by atoms with Crippen LogP contribution < -0.4 is 9.47 Å². The zero-order valence-electron chi connectivity index (χ0n) is 30.3. The average molecular weight is 819 g/mol. The van der Waals surface area contributed by atoms with Crippen LogP contribution in [0.1, 0.15) is 11.1 Å². The molecule has 2 N–H and O–H groups in total. The highest BCUT2D eigenvalue weighted by Gasteiger charge is 2.37. The Balaban J connectivity index is 1.19. The number of nitrogens with zero attached hydrogens (tertiary/aromatic N) is 2. The molecule has 9 aromatic rings. The second kappa shape index (κ2) is 13.9. The van der Waals surface area contributed by atoms with Gasteiger partial charge in [0.1, 0.15) is 34.1 Å². The molecule has 0 atom stereocenters. The van der Waals surface area contributed by atoms with Crippen molar-refractivity contribution >= 4 is 55.0 Å². The van der Waals surface area contributed by atoms with E-state index < -0.39 is 56.2 Å². The number of fused-ring (bicyclic) bond motifs is 6. The third kappa shape index (κ3) is 6.53. The normalized spacial score (nSPS) is 12.1. The molecule has 0 bridgehead atoms. The summed E-state index contributed by atoms with van der Waals surface area (Å²) in [5.41, 5.74) is 1.82. The van der Waals surface area contributed by atoms with Crippen LogP contribution in [0.25, 0.3) is 65.9 Å². The van der Waals surface area contributed by atoms with Gasteiger partial charge in [0.15, 0.2) is 0 Å². The maximum Gasteiger partial charge on any atom is 0.420 e. The number of nitro groups is 2. The minimum Gasteiger partial charge on any atom is -0.457 e. The number of halogens is 6. The molecular formula is C44H24F6N4O6. The van der Waals surface area contributed by atoms with Gasteiger partial charge in [-0.15, -0.1) is 0 Å². The standard InChI is InChI=1S/C44H24F6N4O6/c45-43(46,47)31-21-25(53(55)56)13-19-35(31)59-27-15-9-23(10-16-27)37-39-29-5-1-3-7-33(29)51-41(39)38(40-30-6-2-4-8-34(30)52-42(37)40)24-11-17-28(18-12-24)60-36-20-14-26(54(57)58)22-32(36)44(48,49)50/h1-22,51-52H. The molecule has 16 heteroatoms. The SMILES string of the molecule is O=[N+]([O-])c1ccc(Oc2ccc(-c3c4[nH]c5ccccc5c4c(-c4ccc(Oc5ccc([N+](=O)[O-])cc5C(F)(F)F)cc4)c4[nH]c5ccccc5c34)cc2)c(C(F)(F)F)c1. The Morgan fingerprint density at radius 3 is 1.20 bits per heavy atom. The summed E-state index contributed by atoms with van der Waals surface area (Å²) < 4.78 is 95.0. The number of aromatic amines is 2. The Hall–Kier alpha value is -7.88. The molecule has 0 radical (unpaired) electrons. The molecule has 2 aromatic heterocycles. The number of hydrogen-bond donors (Lipinski definition) is 2. The van der Waals surface area contributed by atoms with Gasteiger partial charge in [0.05, 0.1) is 20.9 Å². The van der Waals surface area contributed by atoms with Gasteiger partial charge in [-0.05, 0) is 59.7 Å². The predicted molar refractivity (Wildman–Crippen MR) is 212 cm³/mol. The number of hydrogen-bond acceptors (Lipinski definition) is 6. The maximum atomic E-state index is 13.9. The van der Waals surface area contributed by atoms with Crippen molar-refractivity contribution in [3.63, 3.8) is 0 Å². The number of ether oxygens (including phenoxy) is 2. The van der Waals surface area contributed by atoms with Gasteiger partial charge < -0.3 is 19.4 Å². The fourth-order valence-corrected chi connectivity index (χ4v) is 7.52. The van der Waals surface area contributed by atoms with Gasteiger partial charge in [-0.3, -0.25) is 20.2 Å². The van der Waals surface area contributed by atoms with Crippen LogP contribution in [0, 0.1) is 20.2 Å². The van der Waals surface area contributed by atoms with Crippen LogP contribution in [-0.4, -0.2) is 19.8 Å². The number of alkyl halides is 6. The number of para-hydroxylation sites is 2. The first-order chi connectivity index (χ1) is 28.7. The van der Waals surface area contributed by atoms with Crippen LogP contribution >= 0.6 is 0 Å². The van der Waals surface area contributed by atoms with E-state index in [1.54, 1.807) is 24.3 Å². The van der Waals surface area contributed by atoms with Crippen molar-refractivity contribution in [3.8, 4) is 45.3 Å². The van der Waals surface area contributed by atoms with E-state index in [-0.39, 0.29) is 11.5 Å². The monoisotopic (exact) mass is 818 g/mol. The highest BCUT2D eigenvalue weighted by molar-refractivity contribution is 6.31. The average Bonchev–Trinajstić information content (AvgIpc) is 3.79. The van der Waals surface area contributed by atoms with Crippen LogP contribution in [0.2, 0.25) is 0 Å². The zero-order valence-corrected chi connectivity index (χ0v) is 30.3. The fraction of sp³-hybridized carbons (Fsp3) is 0.0455. The van der Waals surface area contributed by atoms with Crippen molar-refractivity contribution in [1.29, 1.82) is 0 Å². The molecule has 0 spiro atoms. The highest BCUT2D eigenvalue weighted by atomic mass is 19.4. The summed E-state index contributed by atoms with van der Waals surface area (Å²) in [4.78, 5) is 27.7. The number of benzene rings is 7. The molecule has 298 valence electrons. The molecular weight excluding hydrogens is 794 g/mol. The lowest BCUT2D eigenvalue weighted by molar-refractivity contribution is -0.385. The van der Waals surface area contributed by atoms with Crippen LogP contribution in [0.3, 0.4) is 0 Å². The number of non-ortho nitro benzene ring substituents is 2. The first-order valence-electron chi connectivity index (χ1n) is 17.9. The zero-order chi connectivity index (χ0) is 42.1. The van der Waals surface area contributed by atoms with Gasteiger partial charge in [0.2, 0.25) is 0 Å². The van der Waals surface area contributed by atoms with Crippen LogP contribution in [0.4, 0.5) is 37.7 Å². The molecule has 0 saturated carbocycles. The second-order valence-electron chi connectivity index (χ2n) is 13.7. The quantitative estimate of drug-likeness (QED) is 0.0890. The van der Waals surface area contributed by atoms with Crippen molar-refractivity contribution < 1.29 is 45.7 Å². The molecule has 0 fully saturated rings. The second-order valence-corrected chi connectivity index (χ2v) is 13.7. The summed E-state index contributed by atoms with van der Waals surface area (Å²) in [7, 11) is 0. The Morgan fingerprint density at radius 2 is 0.850 bits per heavy atom. The lowest BCUT2D eigenvalue weighted by atomic mass is 9.90. The molecule has 0 saturated heterocycles. The third-order valence-corrected chi connectivity index (χ3v) is 10.1. The summed E-state index contributed by atoms with van der Waals surface area (Å²) >= 11 is 0. The molecule has 10 nitrogen and oxygen atoms in total. The Morgan fingerprint density at radius 1 is 0.483 bits per heavy atom. The van der Waals surface area contributed by atoms with Crippen LogP contribution in [-0.2, 0) is 12.4 Å². The molecule has 0 amide bonds. The number of H-pyrrole nitrogens is 2. The van der Waals surface area contributed by atoms with Crippen molar-refractivity contribution in [2.75, 3.05) is 0 Å². The first-order valence-corrected chi connectivity index (χ1v) is 17.9. The summed E-state index contributed by atoms with van der Waals surface area (Å²) in [5, 5.41) is 25.7. The van der Waals surface area contributed by atoms with Gasteiger partial charge >= 0.3 is 12.4 Å². The summed E-state index contributed by atoms with van der Waals surface area (Å²) in [6.45, 7) is 0. The number of nitro benzene ring substituents is 2. The predicted octanol–water partition coefficient (Wildman–Crippen LogP) is 13.7. The molecule has 9 rings (SSSR count). The van der Waals surface area contributed by atoms with Crippen molar-refractivity contribution in [3.05, 3.63) is 165 Å². The van der Waals surface area contributed by atoms with Crippen LogP contribution in [0.15, 0.2) is 133 Å².